The molecule has 0 saturated heterocycles. The summed E-state index contributed by atoms with van der Waals surface area (Å²) in [4.78, 5) is 41.0. The fraction of sp³-hybridized carbons (Fsp3) is 0.222. The molecule has 1 heterocycles. The van der Waals surface area contributed by atoms with Gasteiger partial charge in [-0.15, -0.1) is 0 Å². The number of hydrogen-bond donors (Lipinski definition) is 0. The Morgan fingerprint density at radius 2 is 1.49 bits per heavy atom. The molecule has 0 radical (unpaired) electrons. The van der Waals surface area contributed by atoms with Gasteiger partial charge in [-0.2, -0.15) is 13.2 Å². The fourth-order valence-electron chi connectivity index (χ4n) is 4.04. The third-order valence-corrected chi connectivity index (χ3v) is 5.92. The Morgan fingerprint density at radius 1 is 0.857 bits per heavy atom. The van der Waals surface area contributed by atoms with Crippen molar-refractivity contribution < 1.29 is 27.6 Å². The minimum atomic E-state index is -4.56. The lowest BCUT2D eigenvalue weighted by molar-refractivity contribution is -0.137. The van der Waals surface area contributed by atoms with Crippen molar-refractivity contribution in [3.05, 3.63) is 101 Å². The highest BCUT2D eigenvalue weighted by atomic mass is 19.4. The van der Waals surface area contributed by atoms with Crippen molar-refractivity contribution >= 4 is 23.4 Å². The van der Waals surface area contributed by atoms with E-state index in [1.807, 2.05) is 19.1 Å². The van der Waals surface area contributed by atoms with Crippen LogP contribution in [0.4, 0.5) is 18.9 Å². The molecule has 0 unspecified atom stereocenters. The van der Waals surface area contributed by atoms with E-state index >= 15 is 0 Å². The van der Waals surface area contributed by atoms with Crippen LogP contribution < -0.4 is 4.90 Å². The molecule has 0 aromatic heterocycles. The molecule has 35 heavy (non-hydrogen) atoms. The highest BCUT2D eigenvalue weighted by molar-refractivity contribution is 6.21. The third kappa shape index (κ3) is 5.11. The first kappa shape index (κ1) is 24.2. The second-order valence-corrected chi connectivity index (χ2v) is 8.39. The van der Waals surface area contributed by atoms with Gasteiger partial charge in [-0.05, 0) is 62.2 Å². The predicted molar refractivity (Wildman–Crippen MR) is 125 cm³/mol. The van der Waals surface area contributed by atoms with Gasteiger partial charge in [-0.25, -0.2) is 0 Å². The molecule has 5 nitrogen and oxygen atoms in total. The van der Waals surface area contributed by atoms with Crippen LogP contribution in [0.2, 0.25) is 0 Å². The van der Waals surface area contributed by atoms with Crippen LogP contribution in [0.15, 0.2) is 72.8 Å². The van der Waals surface area contributed by atoms with Gasteiger partial charge in [0.1, 0.15) is 0 Å². The lowest BCUT2D eigenvalue weighted by atomic mass is 10.1. The van der Waals surface area contributed by atoms with Gasteiger partial charge in [-0.3, -0.25) is 19.3 Å². The molecule has 8 heteroatoms. The molecular weight excluding hydrogens is 457 g/mol. The van der Waals surface area contributed by atoms with E-state index in [4.69, 9.17) is 0 Å². The van der Waals surface area contributed by atoms with Gasteiger partial charge in [0, 0.05) is 24.3 Å². The SMILES string of the molecule is Cc1ccc(N(CCCCN2C(=O)c3ccccc3C2=O)C(=O)c2cccc(C(F)(F)F)c2)cc1. The molecule has 0 atom stereocenters. The Bertz CT molecular complexity index is 1230. The zero-order valence-electron chi connectivity index (χ0n) is 19.0. The summed E-state index contributed by atoms with van der Waals surface area (Å²) in [5, 5.41) is 0. The minimum Gasteiger partial charge on any atom is -0.308 e. The van der Waals surface area contributed by atoms with Crippen LogP contribution in [0.5, 0.6) is 0 Å². The Balaban J connectivity index is 1.48. The standard InChI is InChI=1S/C27H23F3N2O3/c1-18-11-13-21(14-12-18)31(24(33)19-7-6-8-20(17-19)27(28,29)30)15-4-5-16-32-25(34)22-9-2-3-10-23(22)26(32)35/h2-3,6-14,17H,4-5,15-16H2,1H3. The topological polar surface area (TPSA) is 57.7 Å². The smallest absolute Gasteiger partial charge is 0.308 e. The van der Waals surface area contributed by atoms with E-state index in [9.17, 15) is 27.6 Å². The summed E-state index contributed by atoms with van der Waals surface area (Å²) in [7, 11) is 0. The molecule has 180 valence electrons. The van der Waals surface area contributed by atoms with Gasteiger partial charge in [0.2, 0.25) is 0 Å². The quantitative estimate of drug-likeness (QED) is 0.320. The number of hydrogen-bond acceptors (Lipinski definition) is 3. The van der Waals surface area contributed by atoms with Gasteiger partial charge in [0.15, 0.2) is 0 Å². The molecule has 3 aromatic carbocycles. The first-order chi connectivity index (χ1) is 16.7. The zero-order chi connectivity index (χ0) is 25.2. The Labute approximate surface area is 200 Å². The molecule has 3 amide bonds. The molecule has 1 aliphatic rings. The fourth-order valence-corrected chi connectivity index (χ4v) is 4.04. The maximum absolute atomic E-state index is 13.3. The maximum atomic E-state index is 13.3. The average Bonchev–Trinajstić information content (AvgIpc) is 3.09. The van der Waals surface area contributed by atoms with E-state index in [-0.39, 0.29) is 30.5 Å². The van der Waals surface area contributed by atoms with E-state index in [2.05, 4.69) is 0 Å². The molecular formula is C27H23F3N2O3. The Hall–Kier alpha value is -3.94. The summed E-state index contributed by atoms with van der Waals surface area (Å²) in [6, 6.07) is 18.1. The molecule has 0 bridgehead atoms. The molecule has 3 aromatic rings. The van der Waals surface area contributed by atoms with Gasteiger partial charge in [0.25, 0.3) is 17.7 Å². The van der Waals surface area contributed by atoms with Crippen LogP contribution in [0.1, 0.15) is 55.0 Å². The molecule has 4 rings (SSSR count). The van der Waals surface area contributed by atoms with E-state index in [1.165, 1.54) is 21.9 Å². The van der Waals surface area contributed by atoms with Crippen LogP contribution in [0.25, 0.3) is 0 Å². The molecule has 0 N–H and O–H groups in total. The van der Waals surface area contributed by atoms with Gasteiger partial charge < -0.3 is 4.90 Å². The number of aryl methyl sites for hydroxylation is 1. The van der Waals surface area contributed by atoms with E-state index in [1.54, 1.807) is 36.4 Å². The first-order valence-corrected chi connectivity index (χ1v) is 11.2. The number of imide groups is 1. The Morgan fingerprint density at radius 3 is 2.09 bits per heavy atom. The normalized spacial score (nSPS) is 13.2. The average molecular weight is 480 g/mol. The lowest BCUT2D eigenvalue weighted by Gasteiger charge is -2.24. The minimum absolute atomic E-state index is 0.0688. The van der Waals surface area contributed by atoms with Crippen molar-refractivity contribution in [2.45, 2.75) is 25.9 Å². The molecule has 0 spiro atoms. The van der Waals surface area contributed by atoms with Crippen molar-refractivity contribution in [1.82, 2.24) is 4.90 Å². The van der Waals surface area contributed by atoms with Crippen LogP contribution in [0.3, 0.4) is 0 Å². The maximum Gasteiger partial charge on any atom is 0.416 e. The van der Waals surface area contributed by atoms with Crippen molar-refractivity contribution in [3.8, 4) is 0 Å². The first-order valence-electron chi connectivity index (χ1n) is 11.2. The van der Waals surface area contributed by atoms with E-state index in [0.29, 0.717) is 29.7 Å². The van der Waals surface area contributed by atoms with Gasteiger partial charge in [0.05, 0.1) is 16.7 Å². The van der Waals surface area contributed by atoms with Crippen LogP contribution in [0, 0.1) is 6.92 Å². The highest BCUT2D eigenvalue weighted by Crippen LogP contribution is 2.30. The number of unbranched alkanes of at least 4 members (excludes halogenated alkanes) is 1. The number of rotatable bonds is 7. The zero-order valence-corrected chi connectivity index (χ0v) is 19.0. The number of carbonyl (C=O) groups excluding carboxylic acids is 3. The Kier molecular flexibility index (Phi) is 6.73. The van der Waals surface area contributed by atoms with Crippen LogP contribution in [-0.4, -0.2) is 35.7 Å². The number of nitrogens with zero attached hydrogens (tertiary/aromatic N) is 2. The molecule has 1 aliphatic heterocycles. The summed E-state index contributed by atoms with van der Waals surface area (Å²) in [5.74, 6) is -1.25. The largest absolute Gasteiger partial charge is 0.416 e. The van der Waals surface area contributed by atoms with E-state index in [0.717, 1.165) is 17.7 Å². The number of anilines is 1. The molecule has 0 saturated carbocycles. The highest BCUT2D eigenvalue weighted by Gasteiger charge is 2.34. The number of fused-ring (bicyclic) bond motifs is 1. The number of amides is 3. The number of halogens is 3. The van der Waals surface area contributed by atoms with Crippen LogP contribution >= 0.6 is 0 Å². The number of benzene rings is 3. The molecule has 0 aliphatic carbocycles. The summed E-state index contributed by atoms with van der Waals surface area (Å²) in [6.45, 7) is 2.29. The van der Waals surface area contributed by atoms with Crippen molar-refractivity contribution in [1.29, 1.82) is 0 Å². The summed E-state index contributed by atoms with van der Waals surface area (Å²) in [5.41, 5.74) is 1.32. The van der Waals surface area contributed by atoms with E-state index < -0.39 is 17.6 Å². The number of carbonyl (C=O) groups is 3. The summed E-state index contributed by atoms with van der Waals surface area (Å²) in [6.07, 6.45) is -3.69. The second-order valence-electron chi connectivity index (χ2n) is 8.39. The number of alkyl halides is 3. The third-order valence-electron chi connectivity index (χ3n) is 5.92. The monoisotopic (exact) mass is 480 g/mol. The molecule has 0 fully saturated rings. The lowest BCUT2D eigenvalue weighted by Crippen LogP contribution is -2.34. The van der Waals surface area contributed by atoms with Crippen molar-refractivity contribution in [2.75, 3.05) is 18.0 Å². The summed E-state index contributed by atoms with van der Waals surface area (Å²) >= 11 is 0. The van der Waals surface area contributed by atoms with Gasteiger partial charge in [-0.1, -0.05) is 35.9 Å². The van der Waals surface area contributed by atoms with Gasteiger partial charge >= 0.3 is 6.18 Å². The predicted octanol–water partition coefficient (Wildman–Crippen LogP) is 5.74. The van der Waals surface area contributed by atoms with Crippen molar-refractivity contribution in [3.63, 3.8) is 0 Å². The summed E-state index contributed by atoms with van der Waals surface area (Å²) < 4.78 is 39.5. The second kappa shape index (κ2) is 9.74. The van der Waals surface area contributed by atoms with Crippen LogP contribution in [-0.2, 0) is 6.18 Å². The van der Waals surface area contributed by atoms with Crippen molar-refractivity contribution in [2.24, 2.45) is 0 Å².